The lowest BCUT2D eigenvalue weighted by Gasteiger charge is -2.33. The summed E-state index contributed by atoms with van der Waals surface area (Å²) in [6, 6.07) is 4.67. The number of rotatable bonds is 2. The van der Waals surface area contributed by atoms with Crippen LogP contribution in [0.4, 0.5) is 4.39 Å². The van der Waals surface area contributed by atoms with E-state index in [0.717, 1.165) is 0 Å². The molecule has 0 spiro atoms. The molecule has 1 aliphatic heterocycles. The Labute approximate surface area is 101 Å². The molecule has 0 bridgehead atoms. The van der Waals surface area contributed by atoms with Crippen LogP contribution in [0.5, 0.6) is 5.75 Å². The second-order valence-corrected chi connectivity index (χ2v) is 5.01. The summed E-state index contributed by atoms with van der Waals surface area (Å²) in [6.07, 6.45) is 0. The summed E-state index contributed by atoms with van der Waals surface area (Å²) >= 11 is 0. The molecule has 1 aliphatic rings. The molecule has 0 aromatic heterocycles. The zero-order valence-electron chi connectivity index (χ0n) is 10.3. The molecule has 92 valence electrons. The van der Waals surface area contributed by atoms with Gasteiger partial charge in [0.25, 0.3) is 0 Å². The molecule has 0 aliphatic carbocycles. The molecular weight excluding hydrogens is 222 g/mol. The lowest BCUT2D eigenvalue weighted by Crippen LogP contribution is -2.48. The third kappa shape index (κ3) is 2.79. The van der Waals surface area contributed by atoms with Gasteiger partial charge < -0.3 is 14.0 Å². The van der Waals surface area contributed by atoms with Crippen molar-refractivity contribution in [2.75, 3.05) is 20.3 Å². The molecule has 1 saturated heterocycles. The standard InChI is InChI=1S/C12H16BFO3/c1-12(2)7-16-13(17-8-12)10-5-4-9(15-3)6-11(10)14/h4-6H,7-8H2,1-3H3. The van der Waals surface area contributed by atoms with Crippen LogP contribution in [0.25, 0.3) is 0 Å². The molecule has 17 heavy (non-hydrogen) atoms. The van der Waals surface area contributed by atoms with Crippen LogP contribution in [0.2, 0.25) is 0 Å². The van der Waals surface area contributed by atoms with Gasteiger partial charge in [-0.2, -0.15) is 0 Å². The van der Waals surface area contributed by atoms with Gasteiger partial charge in [0.15, 0.2) is 0 Å². The molecule has 0 saturated carbocycles. The average molecular weight is 238 g/mol. The van der Waals surface area contributed by atoms with Crippen molar-refractivity contribution in [3.05, 3.63) is 24.0 Å². The van der Waals surface area contributed by atoms with Gasteiger partial charge in [-0.1, -0.05) is 19.9 Å². The summed E-state index contributed by atoms with van der Waals surface area (Å²) in [7, 11) is 0.888. The minimum Gasteiger partial charge on any atom is -0.497 e. The molecule has 1 fully saturated rings. The second kappa shape index (κ2) is 4.66. The minimum atomic E-state index is -0.617. The summed E-state index contributed by atoms with van der Waals surface area (Å²) in [4.78, 5) is 0. The highest BCUT2D eigenvalue weighted by Crippen LogP contribution is 2.22. The van der Waals surface area contributed by atoms with E-state index in [1.165, 1.54) is 13.2 Å². The Morgan fingerprint density at radius 3 is 2.47 bits per heavy atom. The van der Waals surface area contributed by atoms with Gasteiger partial charge in [-0.3, -0.25) is 0 Å². The summed E-state index contributed by atoms with van der Waals surface area (Å²) in [6.45, 7) is 5.22. The molecule has 0 atom stereocenters. The fourth-order valence-corrected chi connectivity index (χ4v) is 1.70. The summed E-state index contributed by atoms with van der Waals surface area (Å²) in [5.41, 5.74) is 0.403. The molecular formula is C12H16BFO3. The lowest BCUT2D eigenvalue weighted by atomic mass is 9.75. The lowest BCUT2D eigenvalue weighted by molar-refractivity contribution is 0.0340. The van der Waals surface area contributed by atoms with Crippen molar-refractivity contribution in [3.63, 3.8) is 0 Å². The fourth-order valence-electron chi connectivity index (χ4n) is 1.70. The largest absolute Gasteiger partial charge is 0.497 e. The van der Waals surface area contributed by atoms with Crippen LogP contribution in [0, 0.1) is 11.2 Å². The van der Waals surface area contributed by atoms with E-state index in [0.29, 0.717) is 24.4 Å². The number of benzene rings is 1. The maximum Gasteiger partial charge on any atom is 0.496 e. The van der Waals surface area contributed by atoms with Crippen LogP contribution in [-0.4, -0.2) is 27.4 Å². The van der Waals surface area contributed by atoms with E-state index in [4.69, 9.17) is 14.0 Å². The monoisotopic (exact) mass is 238 g/mol. The van der Waals surface area contributed by atoms with Crippen LogP contribution in [-0.2, 0) is 9.31 Å². The Bertz CT molecular complexity index is 399. The first-order valence-corrected chi connectivity index (χ1v) is 5.58. The number of halogens is 1. The molecule has 1 aromatic carbocycles. The van der Waals surface area contributed by atoms with Crippen molar-refractivity contribution in [2.45, 2.75) is 13.8 Å². The number of hydrogen-bond donors (Lipinski definition) is 0. The molecule has 1 heterocycles. The van der Waals surface area contributed by atoms with E-state index in [1.807, 2.05) is 13.8 Å². The zero-order chi connectivity index (χ0) is 12.5. The van der Waals surface area contributed by atoms with Crippen molar-refractivity contribution in [3.8, 4) is 5.75 Å². The highest BCUT2D eigenvalue weighted by atomic mass is 19.1. The third-order valence-corrected chi connectivity index (χ3v) is 2.71. The van der Waals surface area contributed by atoms with Gasteiger partial charge in [0, 0.05) is 30.2 Å². The highest BCUT2D eigenvalue weighted by Gasteiger charge is 2.35. The topological polar surface area (TPSA) is 27.7 Å². The van der Waals surface area contributed by atoms with Crippen LogP contribution < -0.4 is 10.2 Å². The first-order chi connectivity index (χ1) is 8.02. The SMILES string of the molecule is COc1ccc(B2OCC(C)(C)CO2)c(F)c1. The Balaban J connectivity index is 2.13. The predicted octanol–water partition coefficient (Wildman–Crippen LogP) is 1.60. The molecule has 0 unspecified atom stereocenters. The predicted molar refractivity (Wildman–Crippen MR) is 64.0 cm³/mol. The minimum absolute atomic E-state index is 0.0144. The number of hydrogen-bond acceptors (Lipinski definition) is 3. The summed E-state index contributed by atoms with van der Waals surface area (Å²) in [5, 5.41) is 0. The van der Waals surface area contributed by atoms with Crippen molar-refractivity contribution < 1.29 is 18.4 Å². The first-order valence-electron chi connectivity index (χ1n) is 5.58. The van der Waals surface area contributed by atoms with Crippen molar-refractivity contribution >= 4 is 12.6 Å². The molecule has 0 N–H and O–H groups in total. The number of ether oxygens (including phenoxy) is 1. The second-order valence-electron chi connectivity index (χ2n) is 5.01. The number of methoxy groups -OCH3 is 1. The van der Waals surface area contributed by atoms with E-state index in [-0.39, 0.29) is 11.2 Å². The van der Waals surface area contributed by atoms with Gasteiger partial charge in [0.2, 0.25) is 0 Å². The van der Waals surface area contributed by atoms with E-state index in [2.05, 4.69) is 0 Å². The van der Waals surface area contributed by atoms with Crippen LogP contribution >= 0.6 is 0 Å². The summed E-state index contributed by atoms with van der Waals surface area (Å²) < 4.78 is 29.8. The fraction of sp³-hybridized carbons (Fsp3) is 0.500. The summed E-state index contributed by atoms with van der Waals surface area (Å²) in [5.74, 6) is 0.122. The third-order valence-electron chi connectivity index (χ3n) is 2.71. The quantitative estimate of drug-likeness (QED) is 0.732. The van der Waals surface area contributed by atoms with Gasteiger partial charge in [-0.25, -0.2) is 4.39 Å². The van der Waals surface area contributed by atoms with Crippen molar-refractivity contribution in [1.82, 2.24) is 0 Å². The van der Waals surface area contributed by atoms with Crippen LogP contribution in [0.15, 0.2) is 18.2 Å². The Kier molecular flexibility index (Phi) is 3.40. The van der Waals surface area contributed by atoms with Crippen molar-refractivity contribution in [2.24, 2.45) is 5.41 Å². The van der Waals surface area contributed by atoms with Crippen molar-refractivity contribution in [1.29, 1.82) is 0 Å². The maximum absolute atomic E-state index is 13.8. The molecule has 2 rings (SSSR count). The van der Waals surface area contributed by atoms with Gasteiger partial charge in [-0.05, 0) is 6.07 Å². The molecule has 5 heteroatoms. The highest BCUT2D eigenvalue weighted by molar-refractivity contribution is 6.61. The molecule has 0 radical (unpaired) electrons. The van der Waals surface area contributed by atoms with Gasteiger partial charge in [0.05, 0.1) is 7.11 Å². The van der Waals surface area contributed by atoms with Gasteiger partial charge in [-0.15, -0.1) is 0 Å². The Hall–Kier alpha value is -1.07. The zero-order valence-corrected chi connectivity index (χ0v) is 10.3. The van der Waals surface area contributed by atoms with E-state index in [1.54, 1.807) is 12.1 Å². The smallest absolute Gasteiger partial charge is 0.496 e. The van der Waals surface area contributed by atoms with Gasteiger partial charge >= 0.3 is 7.12 Å². The first kappa shape index (κ1) is 12.4. The average Bonchev–Trinajstić information content (AvgIpc) is 2.29. The molecule has 0 amide bonds. The maximum atomic E-state index is 13.8. The van der Waals surface area contributed by atoms with E-state index < -0.39 is 7.12 Å². The normalized spacial score (nSPS) is 19.2. The molecule has 3 nitrogen and oxygen atoms in total. The van der Waals surface area contributed by atoms with E-state index in [9.17, 15) is 4.39 Å². The van der Waals surface area contributed by atoms with E-state index >= 15 is 0 Å². The Morgan fingerprint density at radius 2 is 1.94 bits per heavy atom. The van der Waals surface area contributed by atoms with Gasteiger partial charge in [0.1, 0.15) is 11.6 Å². The van der Waals surface area contributed by atoms with Crippen LogP contribution in [0.3, 0.4) is 0 Å². The molecule has 1 aromatic rings. The van der Waals surface area contributed by atoms with Crippen LogP contribution in [0.1, 0.15) is 13.8 Å². The Morgan fingerprint density at radius 1 is 1.29 bits per heavy atom.